The van der Waals surface area contributed by atoms with Gasteiger partial charge in [0.25, 0.3) is 0 Å². The summed E-state index contributed by atoms with van der Waals surface area (Å²) in [6.45, 7) is 4.67. The lowest BCUT2D eigenvalue weighted by atomic mass is 10.2. The smallest absolute Gasteiger partial charge is 0.225 e. The Bertz CT molecular complexity index is 394. The summed E-state index contributed by atoms with van der Waals surface area (Å²) in [4.78, 5) is 11.6. The third kappa shape index (κ3) is 5.19. The minimum atomic E-state index is -0.119. The molecule has 0 aromatic heterocycles. The number of benzene rings is 1. The molecule has 0 radical (unpaired) electrons. The van der Waals surface area contributed by atoms with E-state index >= 15 is 0 Å². The minimum absolute atomic E-state index is 0.0679. The van der Waals surface area contributed by atoms with Gasteiger partial charge in [0.05, 0.1) is 5.69 Å². The molecule has 0 bridgehead atoms. The van der Waals surface area contributed by atoms with Gasteiger partial charge in [0.15, 0.2) is 0 Å². The molecule has 1 rings (SSSR count). The molecular weight excluding hydrogens is 284 g/mol. The molecule has 0 heterocycles. The number of carbonyl (C=O) groups excluding carboxylic acids is 1. The van der Waals surface area contributed by atoms with Crippen molar-refractivity contribution in [3.05, 3.63) is 22.7 Å². The molecule has 0 spiro atoms. The van der Waals surface area contributed by atoms with Gasteiger partial charge in [0, 0.05) is 23.5 Å². The van der Waals surface area contributed by atoms with Crippen LogP contribution in [0.2, 0.25) is 0 Å². The highest BCUT2D eigenvalue weighted by Gasteiger charge is 2.06. The maximum Gasteiger partial charge on any atom is 0.225 e. The molecule has 1 aromatic carbocycles. The molecule has 0 saturated heterocycles. The van der Waals surface area contributed by atoms with E-state index in [4.69, 9.17) is 0 Å². The lowest BCUT2D eigenvalue weighted by Gasteiger charge is -2.09. The van der Waals surface area contributed by atoms with Crippen molar-refractivity contribution >= 4 is 27.5 Å². The molecule has 17 heavy (non-hydrogen) atoms. The van der Waals surface area contributed by atoms with Gasteiger partial charge in [0.1, 0.15) is 5.75 Å². The molecule has 5 heteroatoms. The number of halogens is 1. The predicted octanol–water partition coefficient (Wildman–Crippen LogP) is 2.48. The second kappa shape index (κ2) is 6.61. The molecule has 0 saturated carbocycles. The van der Waals surface area contributed by atoms with Gasteiger partial charge in [-0.05, 0) is 18.2 Å². The Kier molecular flexibility index (Phi) is 5.44. The zero-order valence-corrected chi connectivity index (χ0v) is 11.5. The Morgan fingerprint density at radius 2 is 2.18 bits per heavy atom. The van der Waals surface area contributed by atoms with Crippen LogP contribution in [-0.4, -0.2) is 23.6 Å². The Balaban J connectivity index is 2.47. The van der Waals surface area contributed by atoms with Crippen molar-refractivity contribution < 1.29 is 9.90 Å². The summed E-state index contributed by atoms with van der Waals surface area (Å²) in [6, 6.07) is 5.28. The van der Waals surface area contributed by atoms with Gasteiger partial charge in [0.2, 0.25) is 5.91 Å². The topological polar surface area (TPSA) is 61.4 Å². The van der Waals surface area contributed by atoms with Crippen LogP contribution >= 0.6 is 15.9 Å². The van der Waals surface area contributed by atoms with Crippen molar-refractivity contribution in [2.75, 3.05) is 11.9 Å². The first-order valence-electron chi connectivity index (χ1n) is 5.51. The summed E-state index contributed by atoms with van der Waals surface area (Å²) >= 11 is 3.28. The second-order valence-electron chi connectivity index (χ2n) is 4.07. The van der Waals surface area contributed by atoms with Crippen molar-refractivity contribution in [3.63, 3.8) is 0 Å². The van der Waals surface area contributed by atoms with E-state index in [1.807, 2.05) is 13.8 Å². The maximum atomic E-state index is 11.6. The number of carbonyl (C=O) groups is 1. The summed E-state index contributed by atoms with van der Waals surface area (Å²) in [5.74, 6) is -0.0510. The monoisotopic (exact) mass is 300 g/mol. The van der Waals surface area contributed by atoms with E-state index in [0.29, 0.717) is 24.7 Å². The first kappa shape index (κ1) is 14.0. The van der Waals surface area contributed by atoms with Crippen LogP contribution in [0.15, 0.2) is 22.7 Å². The third-order valence-electron chi connectivity index (χ3n) is 2.14. The maximum absolute atomic E-state index is 11.6. The number of phenols is 1. The van der Waals surface area contributed by atoms with E-state index in [0.717, 1.165) is 4.47 Å². The van der Waals surface area contributed by atoms with Gasteiger partial charge in [-0.25, -0.2) is 0 Å². The van der Waals surface area contributed by atoms with Gasteiger partial charge in [-0.3, -0.25) is 4.79 Å². The highest BCUT2D eigenvalue weighted by Crippen LogP contribution is 2.26. The van der Waals surface area contributed by atoms with Crippen LogP contribution < -0.4 is 10.6 Å². The SMILES string of the molecule is CC(C)NCCC(=O)Nc1cc(Br)ccc1O. The molecule has 94 valence electrons. The third-order valence-corrected chi connectivity index (χ3v) is 2.63. The highest BCUT2D eigenvalue weighted by molar-refractivity contribution is 9.10. The number of rotatable bonds is 5. The molecule has 0 aliphatic carbocycles. The van der Waals surface area contributed by atoms with E-state index in [1.165, 1.54) is 6.07 Å². The van der Waals surface area contributed by atoms with Crippen LogP contribution in [0.4, 0.5) is 5.69 Å². The average Bonchev–Trinajstić information content (AvgIpc) is 2.23. The highest BCUT2D eigenvalue weighted by atomic mass is 79.9. The molecule has 0 unspecified atom stereocenters. The first-order valence-corrected chi connectivity index (χ1v) is 6.30. The Morgan fingerprint density at radius 3 is 2.82 bits per heavy atom. The second-order valence-corrected chi connectivity index (χ2v) is 4.98. The fourth-order valence-electron chi connectivity index (χ4n) is 1.30. The molecule has 0 atom stereocenters. The number of amides is 1. The summed E-state index contributed by atoms with van der Waals surface area (Å²) in [7, 11) is 0. The van der Waals surface area contributed by atoms with Crippen LogP contribution in [-0.2, 0) is 4.79 Å². The summed E-state index contributed by atoms with van der Waals surface area (Å²) in [5, 5.41) is 15.4. The number of anilines is 1. The van der Waals surface area contributed by atoms with Gasteiger partial charge in [-0.15, -0.1) is 0 Å². The van der Waals surface area contributed by atoms with E-state index in [1.54, 1.807) is 12.1 Å². The van der Waals surface area contributed by atoms with E-state index in [9.17, 15) is 9.90 Å². The van der Waals surface area contributed by atoms with Crippen LogP contribution in [0, 0.1) is 0 Å². The van der Waals surface area contributed by atoms with Crippen LogP contribution in [0.5, 0.6) is 5.75 Å². The van der Waals surface area contributed by atoms with Crippen LogP contribution in [0.1, 0.15) is 20.3 Å². The molecule has 4 nitrogen and oxygen atoms in total. The average molecular weight is 301 g/mol. The van der Waals surface area contributed by atoms with E-state index in [-0.39, 0.29) is 11.7 Å². The molecule has 0 aliphatic heterocycles. The van der Waals surface area contributed by atoms with Crippen molar-refractivity contribution in [3.8, 4) is 5.75 Å². The van der Waals surface area contributed by atoms with Crippen molar-refractivity contribution in [1.29, 1.82) is 0 Å². The predicted molar refractivity (Wildman–Crippen MR) is 72.2 cm³/mol. The van der Waals surface area contributed by atoms with Gasteiger partial charge in [-0.2, -0.15) is 0 Å². The standard InChI is InChI=1S/C12H17BrN2O2/c1-8(2)14-6-5-12(17)15-10-7-9(13)3-4-11(10)16/h3-4,7-8,14,16H,5-6H2,1-2H3,(H,15,17). The zero-order valence-electron chi connectivity index (χ0n) is 9.96. The van der Waals surface area contributed by atoms with Gasteiger partial charge >= 0.3 is 0 Å². The summed E-state index contributed by atoms with van der Waals surface area (Å²) < 4.78 is 0.811. The van der Waals surface area contributed by atoms with Gasteiger partial charge in [-0.1, -0.05) is 29.8 Å². The Labute approximate surface area is 110 Å². The normalized spacial score (nSPS) is 10.6. The molecule has 1 amide bonds. The van der Waals surface area contributed by atoms with Crippen molar-refractivity contribution in [1.82, 2.24) is 5.32 Å². The van der Waals surface area contributed by atoms with Gasteiger partial charge < -0.3 is 15.7 Å². The fourth-order valence-corrected chi connectivity index (χ4v) is 1.66. The first-order chi connectivity index (χ1) is 7.99. The number of hydrogen-bond donors (Lipinski definition) is 3. The number of phenolic OH excluding ortho intramolecular Hbond substituents is 1. The molecule has 3 N–H and O–H groups in total. The van der Waals surface area contributed by atoms with Crippen LogP contribution in [0.25, 0.3) is 0 Å². The van der Waals surface area contributed by atoms with Crippen LogP contribution in [0.3, 0.4) is 0 Å². The van der Waals surface area contributed by atoms with Crippen molar-refractivity contribution in [2.24, 2.45) is 0 Å². The molecular formula is C12H17BrN2O2. The Hall–Kier alpha value is -1.07. The molecule has 1 aromatic rings. The number of aromatic hydroxyl groups is 1. The van der Waals surface area contributed by atoms with E-state index in [2.05, 4.69) is 26.6 Å². The summed E-state index contributed by atoms with van der Waals surface area (Å²) in [6.07, 6.45) is 0.379. The fraction of sp³-hybridized carbons (Fsp3) is 0.417. The van der Waals surface area contributed by atoms with Crippen molar-refractivity contribution in [2.45, 2.75) is 26.3 Å². The molecule has 0 fully saturated rings. The quantitative estimate of drug-likeness (QED) is 0.732. The lowest BCUT2D eigenvalue weighted by Crippen LogP contribution is -2.27. The largest absolute Gasteiger partial charge is 0.506 e. The minimum Gasteiger partial charge on any atom is -0.506 e. The Morgan fingerprint density at radius 1 is 1.47 bits per heavy atom. The molecule has 0 aliphatic rings. The number of hydrogen-bond acceptors (Lipinski definition) is 3. The van der Waals surface area contributed by atoms with E-state index < -0.39 is 0 Å². The lowest BCUT2D eigenvalue weighted by molar-refractivity contribution is -0.116. The number of nitrogens with one attached hydrogen (secondary N) is 2. The summed E-state index contributed by atoms with van der Waals surface area (Å²) in [5.41, 5.74) is 0.425. The zero-order chi connectivity index (χ0) is 12.8.